The van der Waals surface area contributed by atoms with Crippen molar-refractivity contribution in [2.75, 3.05) is 33.3 Å². The Hall–Kier alpha value is -2.91. The van der Waals surface area contributed by atoms with Gasteiger partial charge < -0.3 is 9.64 Å². The fraction of sp³-hybridized carbons (Fsp3) is 0.462. The highest BCUT2D eigenvalue weighted by Gasteiger charge is 2.30. The van der Waals surface area contributed by atoms with Crippen LogP contribution in [-0.2, 0) is 10.0 Å². The van der Waals surface area contributed by atoms with Crippen LogP contribution in [0.3, 0.4) is 0 Å². The van der Waals surface area contributed by atoms with Crippen molar-refractivity contribution in [2.24, 2.45) is 5.92 Å². The lowest BCUT2D eigenvalue weighted by Gasteiger charge is -2.31. The second-order valence-corrected chi connectivity index (χ2v) is 11.6. The van der Waals surface area contributed by atoms with Crippen LogP contribution in [0.5, 0.6) is 5.75 Å². The van der Waals surface area contributed by atoms with Crippen molar-refractivity contribution in [1.29, 1.82) is 0 Å². The van der Waals surface area contributed by atoms with Gasteiger partial charge in [-0.3, -0.25) is 4.79 Å². The third-order valence-corrected chi connectivity index (χ3v) is 9.38. The molecule has 35 heavy (non-hydrogen) atoms. The van der Waals surface area contributed by atoms with E-state index in [0.29, 0.717) is 30.3 Å². The third kappa shape index (κ3) is 4.67. The van der Waals surface area contributed by atoms with Crippen LogP contribution in [0.4, 0.5) is 0 Å². The van der Waals surface area contributed by atoms with Gasteiger partial charge in [-0.2, -0.15) is 9.40 Å². The fourth-order valence-corrected chi connectivity index (χ4v) is 6.59. The lowest BCUT2D eigenvalue weighted by molar-refractivity contribution is 0.0699. The zero-order valence-corrected chi connectivity index (χ0v) is 21.1. The Morgan fingerprint density at radius 1 is 1.00 bits per heavy atom. The van der Waals surface area contributed by atoms with Crippen molar-refractivity contribution in [3.8, 4) is 5.75 Å². The molecular weight excluding hydrogens is 464 g/mol. The van der Waals surface area contributed by atoms with E-state index in [9.17, 15) is 13.2 Å². The molecule has 2 aromatic heterocycles. The molecule has 1 aromatic carbocycles. The minimum Gasteiger partial charge on any atom is -0.497 e. The Bertz CT molecular complexity index is 1300. The second-order valence-electron chi connectivity index (χ2n) is 9.68. The molecule has 0 radical (unpaired) electrons. The van der Waals surface area contributed by atoms with Crippen LogP contribution in [0, 0.1) is 5.92 Å². The van der Waals surface area contributed by atoms with E-state index in [1.54, 1.807) is 46.4 Å². The fourth-order valence-electron chi connectivity index (χ4n) is 5.12. The van der Waals surface area contributed by atoms with Gasteiger partial charge in [0.15, 0.2) is 0 Å². The van der Waals surface area contributed by atoms with E-state index < -0.39 is 10.0 Å². The summed E-state index contributed by atoms with van der Waals surface area (Å²) >= 11 is 0. The van der Waals surface area contributed by atoms with E-state index in [-0.39, 0.29) is 16.7 Å². The van der Waals surface area contributed by atoms with Gasteiger partial charge in [0.1, 0.15) is 5.75 Å². The number of methoxy groups -OCH3 is 1. The van der Waals surface area contributed by atoms with Gasteiger partial charge in [-0.25, -0.2) is 12.9 Å². The zero-order chi connectivity index (χ0) is 24.6. The molecule has 1 amide bonds. The molecule has 5 rings (SSSR count). The van der Waals surface area contributed by atoms with Crippen molar-refractivity contribution >= 4 is 21.4 Å². The van der Waals surface area contributed by atoms with E-state index in [2.05, 4.69) is 18.1 Å². The van der Waals surface area contributed by atoms with Crippen molar-refractivity contribution in [3.63, 3.8) is 0 Å². The number of pyridine rings is 1. The molecule has 0 unspecified atom stereocenters. The lowest BCUT2D eigenvalue weighted by atomic mass is 9.90. The van der Waals surface area contributed by atoms with Crippen LogP contribution in [0.15, 0.2) is 53.7 Å². The first kappa shape index (κ1) is 23.8. The first-order valence-electron chi connectivity index (χ1n) is 12.3. The summed E-state index contributed by atoms with van der Waals surface area (Å²) in [5.41, 5.74) is 2.58. The molecule has 9 heteroatoms. The second kappa shape index (κ2) is 9.62. The average Bonchev–Trinajstić information content (AvgIpc) is 3.32. The number of amides is 1. The van der Waals surface area contributed by atoms with Crippen LogP contribution in [-0.4, -0.2) is 66.4 Å². The highest BCUT2D eigenvalue weighted by Crippen LogP contribution is 2.32. The molecule has 8 nitrogen and oxygen atoms in total. The Labute approximate surface area is 206 Å². The SMILES string of the molecule is COc1ccc(S(=O)(=O)N2CCC(c3ccn4ncc(C(=O)N5CCC(C)CC5)c4c3)CC2)cc1. The molecular formula is C26H32N4O4S. The predicted molar refractivity (Wildman–Crippen MR) is 133 cm³/mol. The quantitative estimate of drug-likeness (QED) is 0.537. The first-order chi connectivity index (χ1) is 16.9. The lowest BCUT2D eigenvalue weighted by Crippen LogP contribution is -2.38. The van der Waals surface area contributed by atoms with Gasteiger partial charge in [-0.1, -0.05) is 6.92 Å². The minimum atomic E-state index is -3.54. The third-order valence-electron chi connectivity index (χ3n) is 7.47. The molecule has 4 heterocycles. The molecule has 0 atom stereocenters. The molecule has 0 aliphatic carbocycles. The van der Waals surface area contributed by atoms with Gasteiger partial charge in [0.2, 0.25) is 10.0 Å². The smallest absolute Gasteiger partial charge is 0.257 e. The minimum absolute atomic E-state index is 0.0458. The molecule has 3 aromatic rings. The molecule has 0 saturated carbocycles. The number of carbonyl (C=O) groups is 1. The Morgan fingerprint density at radius 2 is 1.69 bits per heavy atom. The van der Waals surface area contributed by atoms with Crippen LogP contribution in [0.2, 0.25) is 0 Å². The molecule has 2 aliphatic heterocycles. The molecule has 0 N–H and O–H groups in total. The van der Waals surface area contributed by atoms with E-state index in [0.717, 1.165) is 49.9 Å². The highest BCUT2D eigenvalue weighted by molar-refractivity contribution is 7.89. The van der Waals surface area contributed by atoms with Gasteiger partial charge >= 0.3 is 0 Å². The van der Waals surface area contributed by atoms with Crippen LogP contribution in [0.1, 0.15) is 54.4 Å². The molecule has 2 saturated heterocycles. The summed E-state index contributed by atoms with van der Waals surface area (Å²) in [6.45, 7) is 4.73. The number of nitrogens with zero attached hydrogens (tertiary/aromatic N) is 4. The molecule has 0 bridgehead atoms. The van der Waals surface area contributed by atoms with Crippen molar-refractivity contribution in [3.05, 3.63) is 59.9 Å². The summed E-state index contributed by atoms with van der Waals surface area (Å²) < 4.78 is 34.6. The number of ether oxygens (including phenoxy) is 1. The summed E-state index contributed by atoms with van der Waals surface area (Å²) in [6.07, 6.45) is 7.10. The van der Waals surface area contributed by atoms with E-state index >= 15 is 0 Å². The maximum absolute atomic E-state index is 13.2. The number of hydrogen-bond donors (Lipinski definition) is 0. The van der Waals surface area contributed by atoms with Gasteiger partial charge in [-0.15, -0.1) is 0 Å². The maximum atomic E-state index is 13.2. The van der Waals surface area contributed by atoms with Crippen molar-refractivity contribution in [2.45, 2.75) is 43.4 Å². The average molecular weight is 497 g/mol. The topological polar surface area (TPSA) is 84.2 Å². The maximum Gasteiger partial charge on any atom is 0.257 e. The molecule has 0 spiro atoms. The summed E-state index contributed by atoms with van der Waals surface area (Å²) in [4.78, 5) is 15.4. The van der Waals surface area contributed by atoms with Gasteiger partial charge in [0.25, 0.3) is 5.91 Å². The van der Waals surface area contributed by atoms with Crippen LogP contribution >= 0.6 is 0 Å². The van der Waals surface area contributed by atoms with E-state index in [1.165, 1.54) is 0 Å². The summed E-state index contributed by atoms with van der Waals surface area (Å²) in [5, 5.41) is 4.40. The predicted octanol–water partition coefficient (Wildman–Crippen LogP) is 3.78. The van der Waals surface area contributed by atoms with Crippen LogP contribution < -0.4 is 4.74 Å². The largest absolute Gasteiger partial charge is 0.497 e. The number of piperidine rings is 2. The molecule has 2 fully saturated rings. The molecule has 186 valence electrons. The number of rotatable bonds is 5. The number of carbonyl (C=O) groups excluding carboxylic acids is 1. The number of hydrogen-bond acceptors (Lipinski definition) is 5. The van der Waals surface area contributed by atoms with Gasteiger partial charge in [-0.05, 0) is 79.5 Å². The Balaban J connectivity index is 1.30. The first-order valence-corrected chi connectivity index (χ1v) is 13.7. The van der Waals surface area contributed by atoms with Gasteiger partial charge in [0, 0.05) is 32.4 Å². The van der Waals surface area contributed by atoms with Crippen molar-refractivity contribution < 1.29 is 17.9 Å². The van der Waals surface area contributed by atoms with Crippen LogP contribution in [0.25, 0.3) is 5.52 Å². The highest BCUT2D eigenvalue weighted by atomic mass is 32.2. The Kier molecular flexibility index (Phi) is 6.55. The normalized spacial score (nSPS) is 18.7. The monoisotopic (exact) mass is 496 g/mol. The van der Waals surface area contributed by atoms with Gasteiger partial charge in [0.05, 0.1) is 29.3 Å². The standard InChI is InChI=1S/C26H32N4O4S/c1-19-7-12-28(13-8-19)26(31)24-18-27-30-16-11-21(17-25(24)30)20-9-14-29(15-10-20)35(32,33)23-5-3-22(34-2)4-6-23/h3-6,11,16-20H,7-10,12-15H2,1-2H3. The number of fused-ring (bicyclic) bond motifs is 1. The van der Waals surface area contributed by atoms with E-state index in [1.807, 2.05) is 17.2 Å². The number of benzene rings is 1. The summed E-state index contributed by atoms with van der Waals surface area (Å²) in [6, 6.07) is 10.6. The summed E-state index contributed by atoms with van der Waals surface area (Å²) in [7, 11) is -1.98. The summed E-state index contributed by atoms with van der Waals surface area (Å²) in [5.74, 6) is 1.57. The van der Waals surface area contributed by atoms with Crippen molar-refractivity contribution in [1.82, 2.24) is 18.8 Å². The zero-order valence-electron chi connectivity index (χ0n) is 20.3. The Morgan fingerprint density at radius 3 is 2.34 bits per heavy atom. The number of likely N-dealkylation sites (tertiary alicyclic amines) is 1. The van der Waals surface area contributed by atoms with E-state index in [4.69, 9.17) is 4.74 Å². The molecule has 2 aliphatic rings. The number of aromatic nitrogens is 2. The number of sulfonamides is 1.